The zero-order valence-electron chi connectivity index (χ0n) is 12.7. The third kappa shape index (κ3) is 4.73. The van der Waals surface area contributed by atoms with Crippen molar-refractivity contribution in [3.63, 3.8) is 0 Å². The fourth-order valence-corrected chi connectivity index (χ4v) is 1.83. The summed E-state index contributed by atoms with van der Waals surface area (Å²) in [6.07, 6.45) is 1.47. The second-order valence-corrected chi connectivity index (χ2v) is 4.71. The van der Waals surface area contributed by atoms with Gasteiger partial charge in [-0.15, -0.1) is 0 Å². The minimum absolute atomic E-state index is 0.138. The van der Waals surface area contributed by atoms with Gasteiger partial charge < -0.3 is 18.9 Å². The monoisotopic (exact) mass is 320 g/mol. The summed E-state index contributed by atoms with van der Waals surface area (Å²) >= 11 is 0. The number of nitrogens with one attached hydrogen (secondary N) is 2. The molecule has 0 saturated heterocycles. The number of hydrogen-bond acceptors (Lipinski definition) is 6. The van der Waals surface area contributed by atoms with Crippen molar-refractivity contribution in [3.05, 3.63) is 47.3 Å². The van der Waals surface area contributed by atoms with Gasteiger partial charge in [-0.25, -0.2) is 9.59 Å². The molecule has 0 aromatic carbocycles. The molecule has 122 valence electrons. The van der Waals surface area contributed by atoms with Crippen LogP contribution in [-0.4, -0.2) is 24.5 Å². The highest BCUT2D eigenvalue weighted by Crippen LogP contribution is 2.14. The van der Waals surface area contributed by atoms with Gasteiger partial charge in [0.25, 0.3) is 5.91 Å². The fraction of sp³-hybridized carbons (Fsp3) is 0.267. The third-order valence-corrected chi connectivity index (χ3v) is 2.85. The van der Waals surface area contributed by atoms with E-state index in [2.05, 4.69) is 5.32 Å². The third-order valence-electron chi connectivity index (χ3n) is 2.85. The molecule has 8 nitrogen and oxygen atoms in total. The summed E-state index contributed by atoms with van der Waals surface area (Å²) in [6, 6.07) is 4.17. The van der Waals surface area contributed by atoms with Crippen LogP contribution in [0.3, 0.4) is 0 Å². The molecule has 0 unspecified atom stereocenters. The van der Waals surface area contributed by atoms with Crippen molar-refractivity contribution in [2.45, 2.75) is 20.4 Å². The molecule has 2 aromatic rings. The predicted molar refractivity (Wildman–Crippen MR) is 77.6 cm³/mol. The summed E-state index contributed by atoms with van der Waals surface area (Å²) in [4.78, 5) is 34.8. The average Bonchev–Trinajstić information content (AvgIpc) is 3.12. The maximum Gasteiger partial charge on any atom is 0.342 e. The summed E-state index contributed by atoms with van der Waals surface area (Å²) in [7, 11) is 0. The topological polar surface area (TPSA) is 111 Å². The number of aryl methyl sites for hydroxylation is 2. The lowest BCUT2D eigenvalue weighted by Gasteiger charge is -2.06. The van der Waals surface area contributed by atoms with Crippen molar-refractivity contribution < 1.29 is 28.0 Å². The summed E-state index contributed by atoms with van der Waals surface area (Å²) in [6.45, 7) is 2.88. The average molecular weight is 320 g/mol. The van der Waals surface area contributed by atoms with E-state index >= 15 is 0 Å². The number of hydrogen-bond donors (Lipinski definition) is 2. The van der Waals surface area contributed by atoms with Crippen LogP contribution in [0.1, 0.15) is 27.6 Å². The van der Waals surface area contributed by atoms with E-state index in [1.807, 2.05) is 5.32 Å². The zero-order valence-corrected chi connectivity index (χ0v) is 12.7. The number of esters is 1. The molecule has 2 aromatic heterocycles. The van der Waals surface area contributed by atoms with Crippen LogP contribution in [-0.2, 0) is 16.1 Å². The van der Waals surface area contributed by atoms with E-state index in [9.17, 15) is 14.4 Å². The first-order chi connectivity index (χ1) is 11.0. The van der Waals surface area contributed by atoms with Gasteiger partial charge in [0, 0.05) is 0 Å². The Morgan fingerprint density at radius 2 is 2.04 bits per heavy atom. The molecule has 2 rings (SSSR count). The number of furan rings is 2. The Morgan fingerprint density at radius 1 is 1.26 bits per heavy atom. The first-order valence-electron chi connectivity index (χ1n) is 6.80. The minimum atomic E-state index is -0.742. The molecule has 0 aliphatic heterocycles. The molecule has 0 aliphatic carbocycles. The van der Waals surface area contributed by atoms with Gasteiger partial charge in [0.05, 0.1) is 12.8 Å². The number of carbonyl (C=O) groups is 3. The first kappa shape index (κ1) is 16.3. The zero-order chi connectivity index (χ0) is 16.8. The Morgan fingerprint density at radius 3 is 2.65 bits per heavy atom. The van der Waals surface area contributed by atoms with Crippen LogP contribution >= 0.6 is 0 Å². The number of ether oxygens (including phenoxy) is 1. The summed E-state index contributed by atoms with van der Waals surface area (Å²) in [5, 5.41) is 4.47. The van der Waals surface area contributed by atoms with Gasteiger partial charge in [-0.05, 0) is 32.0 Å². The van der Waals surface area contributed by atoms with Gasteiger partial charge in [0.15, 0.2) is 6.61 Å². The number of imide groups is 1. The fourth-order valence-electron chi connectivity index (χ4n) is 1.83. The molecule has 23 heavy (non-hydrogen) atoms. The largest absolute Gasteiger partial charge is 0.467 e. The highest BCUT2D eigenvalue weighted by atomic mass is 16.5. The lowest BCUT2D eigenvalue weighted by atomic mass is 10.2. The molecular formula is C15H16N2O6. The second-order valence-electron chi connectivity index (χ2n) is 4.71. The summed E-state index contributed by atoms with van der Waals surface area (Å²) in [5.74, 6) is 0.0868. The number of rotatable bonds is 5. The first-order valence-corrected chi connectivity index (χ1v) is 6.80. The van der Waals surface area contributed by atoms with Gasteiger partial charge in [-0.1, -0.05) is 0 Å². The Labute approximate surface area is 131 Å². The highest BCUT2D eigenvalue weighted by molar-refractivity contribution is 5.97. The SMILES string of the molecule is Cc1cc(C(=O)OCC(=O)NC(=O)NCc2ccco2)c(C)o1. The molecule has 8 heteroatoms. The molecule has 2 heterocycles. The molecule has 0 spiro atoms. The number of amides is 3. The number of carbonyl (C=O) groups excluding carboxylic acids is 3. The maximum atomic E-state index is 11.8. The van der Waals surface area contributed by atoms with Crippen molar-refractivity contribution >= 4 is 17.9 Å². The van der Waals surface area contributed by atoms with E-state index in [0.29, 0.717) is 17.3 Å². The Hall–Kier alpha value is -3.03. The lowest BCUT2D eigenvalue weighted by Crippen LogP contribution is -2.41. The lowest BCUT2D eigenvalue weighted by molar-refractivity contribution is -0.123. The molecule has 2 N–H and O–H groups in total. The van der Waals surface area contributed by atoms with Crippen molar-refractivity contribution in [3.8, 4) is 0 Å². The van der Waals surface area contributed by atoms with Crippen LogP contribution < -0.4 is 10.6 Å². The van der Waals surface area contributed by atoms with Gasteiger partial charge in [0.2, 0.25) is 0 Å². The molecule has 0 bridgehead atoms. The summed E-state index contributed by atoms with van der Waals surface area (Å²) < 4.78 is 15.1. The van der Waals surface area contributed by atoms with E-state index in [1.54, 1.807) is 26.0 Å². The Bertz CT molecular complexity index is 702. The van der Waals surface area contributed by atoms with Crippen LogP contribution in [0.15, 0.2) is 33.3 Å². The van der Waals surface area contributed by atoms with Crippen molar-refractivity contribution in [2.24, 2.45) is 0 Å². The standard InChI is InChI=1S/C15H16N2O6/c1-9-6-12(10(2)23-9)14(19)22-8-13(18)17-15(20)16-7-11-4-3-5-21-11/h3-6H,7-8H2,1-2H3,(H2,16,17,18,20). The Kier molecular flexibility index (Phi) is 5.19. The predicted octanol–water partition coefficient (Wildman–Crippen LogP) is 1.67. The smallest absolute Gasteiger partial charge is 0.342 e. The molecule has 0 fully saturated rings. The van der Waals surface area contributed by atoms with Crippen LogP contribution in [0.4, 0.5) is 4.79 Å². The van der Waals surface area contributed by atoms with Gasteiger partial charge in [0.1, 0.15) is 22.8 Å². The van der Waals surface area contributed by atoms with Crippen molar-refractivity contribution in [2.75, 3.05) is 6.61 Å². The minimum Gasteiger partial charge on any atom is -0.467 e. The molecule has 0 saturated carbocycles. The van der Waals surface area contributed by atoms with E-state index in [0.717, 1.165) is 0 Å². The molecule has 0 atom stereocenters. The van der Waals surface area contributed by atoms with Crippen LogP contribution in [0.2, 0.25) is 0 Å². The highest BCUT2D eigenvalue weighted by Gasteiger charge is 2.17. The van der Waals surface area contributed by atoms with E-state index < -0.39 is 24.5 Å². The molecule has 3 amide bonds. The van der Waals surface area contributed by atoms with E-state index in [-0.39, 0.29) is 12.1 Å². The van der Waals surface area contributed by atoms with E-state index in [1.165, 1.54) is 12.3 Å². The summed E-state index contributed by atoms with van der Waals surface area (Å²) in [5.41, 5.74) is 0.248. The number of urea groups is 1. The molecular weight excluding hydrogens is 304 g/mol. The maximum absolute atomic E-state index is 11.8. The van der Waals surface area contributed by atoms with Crippen LogP contribution in [0.25, 0.3) is 0 Å². The normalized spacial score (nSPS) is 10.2. The van der Waals surface area contributed by atoms with E-state index in [4.69, 9.17) is 13.6 Å². The van der Waals surface area contributed by atoms with Crippen molar-refractivity contribution in [1.29, 1.82) is 0 Å². The van der Waals surface area contributed by atoms with Crippen LogP contribution in [0.5, 0.6) is 0 Å². The Balaban J connectivity index is 1.73. The second kappa shape index (κ2) is 7.30. The molecule has 0 radical (unpaired) electrons. The van der Waals surface area contributed by atoms with Gasteiger partial charge in [-0.3, -0.25) is 10.1 Å². The van der Waals surface area contributed by atoms with Gasteiger partial charge >= 0.3 is 12.0 Å². The van der Waals surface area contributed by atoms with Gasteiger partial charge in [-0.2, -0.15) is 0 Å². The van der Waals surface area contributed by atoms with Crippen LogP contribution in [0, 0.1) is 13.8 Å². The quantitative estimate of drug-likeness (QED) is 0.811. The van der Waals surface area contributed by atoms with Crippen molar-refractivity contribution in [1.82, 2.24) is 10.6 Å². The molecule has 0 aliphatic rings.